The molecule has 2 heterocycles. The molecule has 1 aliphatic heterocycles. The van der Waals surface area contributed by atoms with Crippen LogP contribution in [0.25, 0.3) is 5.69 Å². The average molecular weight is 415 g/mol. The predicted octanol–water partition coefficient (Wildman–Crippen LogP) is 2.29. The molecule has 0 spiro atoms. The van der Waals surface area contributed by atoms with Crippen molar-refractivity contribution in [3.63, 3.8) is 0 Å². The molecule has 156 valence electrons. The lowest BCUT2D eigenvalue weighted by Crippen LogP contribution is -2.42. The summed E-state index contributed by atoms with van der Waals surface area (Å²) in [6.07, 6.45) is 6.89. The van der Waals surface area contributed by atoms with Gasteiger partial charge >= 0.3 is 0 Å². The van der Waals surface area contributed by atoms with Crippen molar-refractivity contribution >= 4 is 23.4 Å². The summed E-state index contributed by atoms with van der Waals surface area (Å²) in [6.45, 7) is -0.192. The number of fused-ring (bicyclic) bond motifs is 1. The number of benzene rings is 2. The second kappa shape index (κ2) is 7.71. The Hall–Kier alpha value is -3.94. The fourth-order valence-electron chi connectivity index (χ4n) is 4.00. The normalized spacial score (nSPS) is 17.4. The molecule has 1 aliphatic carbocycles. The van der Waals surface area contributed by atoms with Crippen molar-refractivity contribution in [2.75, 3.05) is 11.9 Å². The van der Waals surface area contributed by atoms with Crippen molar-refractivity contribution in [3.8, 4) is 5.69 Å². The summed E-state index contributed by atoms with van der Waals surface area (Å²) in [6, 6.07) is 13.9. The van der Waals surface area contributed by atoms with Crippen LogP contribution in [-0.2, 0) is 9.59 Å². The zero-order chi connectivity index (χ0) is 21.4. The number of carbonyl (C=O) groups is 3. The molecule has 1 fully saturated rings. The van der Waals surface area contributed by atoms with Crippen molar-refractivity contribution in [3.05, 3.63) is 78.4 Å². The third kappa shape index (κ3) is 3.56. The Morgan fingerprint density at radius 3 is 2.61 bits per heavy atom. The van der Waals surface area contributed by atoms with Gasteiger partial charge < -0.3 is 20.1 Å². The van der Waals surface area contributed by atoms with E-state index in [1.165, 1.54) is 0 Å². The number of hydrogen-bond acceptors (Lipinski definition) is 4. The minimum absolute atomic E-state index is 0.0894. The monoisotopic (exact) mass is 415 g/mol. The lowest BCUT2D eigenvalue weighted by atomic mass is 10.0. The minimum atomic E-state index is -0.692. The van der Waals surface area contributed by atoms with Crippen molar-refractivity contribution in [1.82, 2.24) is 19.8 Å². The summed E-state index contributed by atoms with van der Waals surface area (Å²) in [5, 5.41) is 5.55. The molecule has 0 radical (unpaired) electrons. The third-order valence-corrected chi connectivity index (χ3v) is 5.57. The van der Waals surface area contributed by atoms with Gasteiger partial charge in [0, 0.05) is 24.0 Å². The Labute approximate surface area is 178 Å². The van der Waals surface area contributed by atoms with E-state index in [9.17, 15) is 14.4 Å². The highest BCUT2D eigenvalue weighted by Gasteiger charge is 2.47. The van der Waals surface area contributed by atoms with Crippen LogP contribution in [0, 0.1) is 0 Å². The van der Waals surface area contributed by atoms with Gasteiger partial charge in [-0.1, -0.05) is 30.3 Å². The predicted molar refractivity (Wildman–Crippen MR) is 114 cm³/mol. The van der Waals surface area contributed by atoms with Crippen molar-refractivity contribution in [2.45, 2.75) is 24.9 Å². The first-order valence-electron chi connectivity index (χ1n) is 10.2. The number of amides is 3. The highest BCUT2D eigenvalue weighted by molar-refractivity contribution is 6.05. The summed E-state index contributed by atoms with van der Waals surface area (Å²) in [5.74, 6) is -0.809. The SMILES string of the molecule is O=C(CNC(=O)C1c2ccccc2C(=O)N1C1CC1)Nc1ccccc1-n1ccnc1. The van der Waals surface area contributed by atoms with Crippen LogP contribution in [0.1, 0.15) is 34.8 Å². The number of para-hydroxylation sites is 2. The highest BCUT2D eigenvalue weighted by Crippen LogP contribution is 2.41. The summed E-state index contributed by atoms with van der Waals surface area (Å²) in [4.78, 5) is 44.0. The van der Waals surface area contributed by atoms with Gasteiger partial charge in [-0.05, 0) is 36.6 Å². The van der Waals surface area contributed by atoms with Crippen LogP contribution in [-0.4, -0.2) is 44.8 Å². The van der Waals surface area contributed by atoms with Crippen molar-refractivity contribution in [2.24, 2.45) is 0 Å². The highest BCUT2D eigenvalue weighted by atomic mass is 16.2. The molecule has 8 nitrogen and oxygen atoms in total. The molecule has 1 saturated carbocycles. The van der Waals surface area contributed by atoms with Gasteiger partial charge in [0.15, 0.2) is 0 Å². The molecule has 3 aromatic rings. The second-order valence-electron chi connectivity index (χ2n) is 7.69. The standard InChI is InChI=1S/C23H21N5O3/c29-20(26-18-7-3-4-8-19(18)27-12-11-24-14-27)13-25-22(30)21-16-5-1-2-6-17(16)23(31)28(21)15-9-10-15/h1-8,11-12,14-15,21H,9-10,13H2,(H,25,30)(H,26,29). The molecule has 8 heteroatoms. The maximum absolute atomic E-state index is 13.0. The fourth-order valence-corrected chi connectivity index (χ4v) is 4.00. The summed E-state index contributed by atoms with van der Waals surface area (Å²) >= 11 is 0. The van der Waals surface area contributed by atoms with E-state index in [2.05, 4.69) is 15.6 Å². The van der Waals surface area contributed by atoms with E-state index in [-0.39, 0.29) is 30.3 Å². The molecule has 2 N–H and O–H groups in total. The van der Waals surface area contributed by atoms with Crippen LogP contribution < -0.4 is 10.6 Å². The number of aromatic nitrogens is 2. The topological polar surface area (TPSA) is 96.3 Å². The summed E-state index contributed by atoms with van der Waals surface area (Å²) < 4.78 is 1.79. The van der Waals surface area contributed by atoms with E-state index in [0.29, 0.717) is 16.8 Å². The Morgan fingerprint density at radius 2 is 1.84 bits per heavy atom. The molecule has 2 aromatic carbocycles. The smallest absolute Gasteiger partial charge is 0.255 e. The Bertz CT molecular complexity index is 1150. The maximum Gasteiger partial charge on any atom is 0.255 e. The number of rotatable bonds is 6. The van der Waals surface area contributed by atoms with Crippen LogP contribution in [0.5, 0.6) is 0 Å². The molecule has 5 rings (SSSR count). The van der Waals surface area contributed by atoms with Gasteiger partial charge in [0.2, 0.25) is 11.8 Å². The second-order valence-corrected chi connectivity index (χ2v) is 7.69. The largest absolute Gasteiger partial charge is 0.345 e. The molecular formula is C23H21N5O3. The van der Waals surface area contributed by atoms with Crippen LogP contribution in [0.4, 0.5) is 5.69 Å². The van der Waals surface area contributed by atoms with E-state index < -0.39 is 6.04 Å². The third-order valence-electron chi connectivity index (χ3n) is 5.57. The molecule has 1 atom stereocenters. The van der Waals surface area contributed by atoms with E-state index >= 15 is 0 Å². The number of nitrogens with one attached hydrogen (secondary N) is 2. The van der Waals surface area contributed by atoms with Crippen LogP contribution in [0.3, 0.4) is 0 Å². The van der Waals surface area contributed by atoms with Crippen LogP contribution in [0.2, 0.25) is 0 Å². The molecule has 1 unspecified atom stereocenters. The quantitative estimate of drug-likeness (QED) is 0.646. The molecular weight excluding hydrogens is 394 g/mol. The van der Waals surface area contributed by atoms with Gasteiger partial charge in [-0.25, -0.2) is 4.98 Å². The van der Waals surface area contributed by atoms with Crippen molar-refractivity contribution in [1.29, 1.82) is 0 Å². The number of hydrogen-bond donors (Lipinski definition) is 2. The number of imidazole rings is 1. The zero-order valence-electron chi connectivity index (χ0n) is 16.7. The molecule has 0 saturated heterocycles. The van der Waals surface area contributed by atoms with E-state index in [1.54, 1.807) is 52.5 Å². The van der Waals surface area contributed by atoms with Gasteiger partial charge in [-0.15, -0.1) is 0 Å². The first kappa shape index (κ1) is 19.0. The molecule has 31 heavy (non-hydrogen) atoms. The number of anilines is 1. The first-order valence-corrected chi connectivity index (χ1v) is 10.2. The van der Waals surface area contributed by atoms with E-state index in [0.717, 1.165) is 18.5 Å². The van der Waals surface area contributed by atoms with Crippen molar-refractivity contribution < 1.29 is 14.4 Å². The Morgan fingerprint density at radius 1 is 1.06 bits per heavy atom. The molecule has 1 aromatic heterocycles. The first-order chi connectivity index (χ1) is 15.1. The fraction of sp³-hybridized carbons (Fsp3) is 0.217. The zero-order valence-corrected chi connectivity index (χ0v) is 16.7. The van der Waals surface area contributed by atoms with Crippen LogP contribution >= 0.6 is 0 Å². The molecule has 2 aliphatic rings. The van der Waals surface area contributed by atoms with Gasteiger partial charge in [-0.3, -0.25) is 14.4 Å². The van der Waals surface area contributed by atoms with E-state index in [1.807, 2.05) is 24.3 Å². The Kier molecular flexibility index (Phi) is 4.74. The van der Waals surface area contributed by atoms with Gasteiger partial charge in [0.25, 0.3) is 5.91 Å². The maximum atomic E-state index is 13.0. The van der Waals surface area contributed by atoms with Crippen LogP contribution in [0.15, 0.2) is 67.3 Å². The molecule has 3 amide bonds. The van der Waals surface area contributed by atoms with E-state index in [4.69, 9.17) is 0 Å². The lowest BCUT2D eigenvalue weighted by Gasteiger charge is -2.24. The average Bonchev–Trinajstić information content (AvgIpc) is 3.38. The Balaban J connectivity index is 1.28. The number of nitrogens with zero attached hydrogens (tertiary/aromatic N) is 3. The van der Waals surface area contributed by atoms with Gasteiger partial charge in [-0.2, -0.15) is 0 Å². The summed E-state index contributed by atoms with van der Waals surface area (Å²) in [5.41, 5.74) is 2.65. The summed E-state index contributed by atoms with van der Waals surface area (Å²) in [7, 11) is 0. The molecule has 0 bridgehead atoms. The lowest BCUT2D eigenvalue weighted by molar-refractivity contribution is -0.127. The minimum Gasteiger partial charge on any atom is -0.345 e. The van der Waals surface area contributed by atoms with Gasteiger partial charge in [0.05, 0.1) is 24.2 Å². The number of carbonyl (C=O) groups excluding carboxylic acids is 3. The van der Waals surface area contributed by atoms with Gasteiger partial charge in [0.1, 0.15) is 6.04 Å².